The summed E-state index contributed by atoms with van der Waals surface area (Å²) < 4.78 is 49.0. The van der Waals surface area contributed by atoms with Gasteiger partial charge in [0.1, 0.15) is 40.8 Å². The summed E-state index contributed by atoms with van der Waals surface area (Å²) in [5, 5.41) is 16.7. The number of hydrogen-bond donors (Lipinski definition) is 2. The summed E-state index contributed by atoms with van der Waals surface area (Å²) >= 11 is 0. The zero-order chi connectivity index (χ0) is 26.0. The third-order valence-electron chi connectivity index (χ3n) is 6.24. The van der Waals surface area contributed by atoms with Gasteiger partial charge in [0.2, 0.25) is 0 Å². The van der Waals surface area contributed by atoms with Crippen molar-refractivity contribution in [2.45, 2.75) is 25.4 Å². The van der Waals surface area contributed by atoms with Crippen LogP contribution in [0.15, 0.2) is 42.5 Å². The molecular formula is C25H25F3N6O2. The van der Waals surface area contributed by atoms with Crippen molar-refractivity contribution in [1.82, 2.24) is 20.0 Å². The van der Waals surface area contributed by atoms with Gasteiger partial charge in [0.05, 0.1) is 19.2 Å². The number of aromatic nitrogens is 2. The lowest BCUT2D eigenvalue weighted by molar-refractivity contribution is -0.0241. The van der Waals surface area contributed by atoms with Crippen molar-refractivity contribution in [2.24, 2.45) is 0 Å². The number of hydrogen-bond acceptors (Lipinski definition) is 6. The van der Waals surface area contributed by atoms with Gasteiger partial charge in [-0.15, -0.1) is 0 Å². The fourth-order valence-corrected chi connectivity index (χ4v) is 4.26. The minimum Gasteiger partial charge on any atom is -0.496 e. The Morgan fingerprint density at radius 2 is 2.03 bits per heavy atom. The fraction of sp³-hybridized carbons (Fsp3) is 0.320. The highest BCUT2D eigenvalue weighted by molar-refractivity contribution is 5.96. The number of anilines is 1. The van der Waals surface area contributed by atoms with Crippen LogP contribution in [0.3, 0.4) is 0 Å². The molecule has 1 atom stereocenters. The molecule has 2 heterocycles. The number of amides is 1. The molecule has 1 aliphatic rings. The van der Waals surface area contributed by atoms with Gasteiger partial charge in [0.25, 0.3) is 11.8 Å². The van der Waals surface area contributed by atoms with Crippen LogP contribution < -0.4 is 15.8 Å². The molecule has 36 heavy (non-hydrogen) atoms. The Labute approximate surface area is 206 Å². The predicted octanol–water partition coefficient (Wildman–Crippen LogP) is 3.59. The minimum absolute atomic E-state index is 0.0278. The normalized spacial score (nSPS) is 17.1. The van der Waals surface area contributed by atoms with Gasteiger partial charge in [-0.3, -0.25) is 9.69 Å². The lowest BCUT2D eigenvalue weighted by atomic mass is 10.1. The molecule has 2 aromatic carbocycles. The maximum absolute atomic E-state index is 14.7. The second kappa shape index (κ2) is 9.91. The van der Waals surface area contributed by atoms with Crippen molar-refractivity contribution in [1.29, 1.82) is 5.26 Å². The van der Waals surface area contributed by atoms with E-state index in [0.717, 1.165) is 10.7 Å². The number of likely N-dealkylation sites (tertiary alicyclic amines) is 1. The highest BCUT2D eigenvalue weighted by Gasteiger charge is 2.50. The summed E-state index contributed by atoms with van der Waals surface area (Å²) in [5.41, 5.74) is 7.63. The van der Waals surface area contributed by atoms with E-state index in [1.54, 1.807) is 36.1 Å². The van der Waals surface area contributed by atoms with Crippen molar-refractivity contribution in [3.8, 4) is 23.1 Å². The number of ether oxygens (including phenoxy) is 1. The van der Waals surface area contributed by atoms with E-state index in [0.29, 0.717) is 17.7 Å². The molecule has 3 N–H and O–H groups in total. The minimum atomic E-state index is -3.04. The predicted molar refractivity (Wildman–Crippen MR) is 127 cm³/mol. The zero-order valence-corrected chi connectivity index (χ0v) is 19.8. The number of rotatable bonds is 7. The van der Waals surface area contributed by atoms with Crippen molar-refractivity contribution in [3.63, 3.8) is 0 Å². The largest absolute Gasteiger partial charge is 0.496 e. The van der Waals surface area contributed by atoms with Crippen LogP contribution in [0.1, 0.15) is 34.5 Å². The summed E-state index contributed by atoms with van der Waals surface area (Å²) in [6, 6.07) is 11.1. The van der Waals surface area contributed by atoms with Gasteiger partial charge in [-0.1, -0.05) is 31.2 Å². The van der Waals surface area contributed by atoms with Crippen LogP contribution in [0.25, 0.3) is 11.3 Å². The van der Waals surface area contributed by atoms with E-state index in [1.165, 1.54) is 19.2 Å². The monoisotopic (exact) mass is 498 g/mol. The molecule has 0 bridgehead atoms. The molecule has 1 unspecified atom stereocenters. The zero-order valence-electron chi connectivity index (χ0n) is 19.8. The van der Waals surface area contributed by atoms with Gasteiger partial charge < -0.3 is 15.8 Å². The number of methoxy groups -OCH3 is 1. The number of carbonyl (C=O) groups excluding carboxylic acids is 1. The first-order valence-corrected chi connectivity index (χ1v) is 11.3. The summed E-state index contributed by atoms with van der Waals surface area (Å²) in [4.78, 5) is 14.1. The number of nitrogens with two attached hydrogens (primary N) is 1. The first kappa shape index (κ1) is 25.1. The van der Waals surface area contributed by atoms with E-state index in [9.17, 15) is 23.2 Å². The second-order valence-electron chi connectivity index (χ2n) is 8.49. The Morgan fingerprint density at radius 1 is 1.31 bits per heavy atom. The molecule has 0 aliphatic carbocycles. The average Bonchev–Trinajstić information content (AvgIpc) is 3.37. The van der Waals surface area contributed by atoms with E-state index in [1.807, 2.05) is 6.07 Å². The molecule has 0 saturated carbocycles. The second-order valence-corrected chi connectivity index (χ2v) is 8.49. The Bertz CT molecular complexity index is 1320. The average molecular weight is 499 g/mol. The van der Waals surface area contributed by atoms with Crippen LogP contribution in [0.2, 0.25) is 0 Å². The van der Waals surface area contributed by atoms with E-state index in [2.05, 4.69) is 10.4 Å². The molecule has 4 rings (SSSR count). The molecular weight excluding hydrogens is 473 g/mol. The van der Waals surface area contributed by atoms with E-state index >= 15 is 0 Å². The Kier molecular flexibility index (Phi) is 6.90. The third kappa shape index (κ3) is 4.72. The molecule has 8 nitrogen and oxygen atoms in total. The van der Waals surface area contributed by atoms with Crippen LogP contribution in [0, 0.1) is 17.1 Å². The lowest BCUT2D eigenvalue weighted by Crippen LogP contribution is -2.31. The number of benzene rings is 2. The number of likely N-dealkylation sites (N-methyl/N-ethyl adjacent to an activating group) is 1. The highest BCUT2D eigenvalue weighted by atomic mass is 19.3. The number of alkyl halides is 2. The number of nitrogens with one attached hydrogen (secondary N) is 1. The van der Waals surface area contributed by atoms with Gasteiger partial charge in [-0.2, -0.15) is 10.4 Å². The molecule has 1 amide bonds. The van der Waals surface area contributed by atoms with Crippen LogP contribution in [0.5, 0.6) is 5.75 Å². The number of nitrogens with zero attached hydrogens (tertiary/aromatic N) is 4. The van der Waals surface area contributed by atoms with Crippen LogP contribution >= 0.6 is 0 Å². The molecule has 3 aromatic rings. The van der Waals surface area contributed by atoms with Crippen molar-refractivity contribution >= 4 is 11.7 Å². The maximum atomic E-state index is 14.7. The Morgan fingerprint density at radius 3 is 2.64 bits per heavy atom. The first-order chi connectivity index (χ1) is 17.2. The summed E-state index contributed by atoms with van der Waals surface area (Å²) in [6.07, 6.45) is 0. The molecule has 0 radical (unpaired) electrons. The van der Waals surface area contributed by atoms with Crippen LogP contribution in [-0.2, 0) is 6.54 Å². The third-order valence-corrected chi connectivity index (χ3v) is 6.24. The topological polar surface area (TPSA) is 109 Å². The van der Waals surface area contributed by atoms with Crippen molar-refractivity contribution in [3.05, 3.63) is 65.0 Å². The summed E-state index contributed by atoms with van der Waals surface area (Å²) in [6.45, 7) is 2.09. The number of carbonyl (C=O) groups is 1. The van der Waals surface area contributed by atoms with E-state index in [4.69, 9.17) is 10.5 Å². The number of halogens is 3. The SMILES string of the molecule is CCN1CC(n2nc(-c3ccc(CNC(=O)c4cc(F)ccc4OC)cc3)c(C#N)c2N)C(F)(F)C1. The smallest absolute Gasteiger partial charge is 0.283 e. The quantitative estimate of drug-likeness (QED) is 0.515. The van der Waals surface area contributed by atoms with Gasteiger partial charge >= 0.3 is 0 Å². The Hall–Kier alpha value is -4.04. The van der Waals surface area contributed by atoms with Crippen molar-refractivity contribution in [2.75, 3.05) is 32.5 Å². The Balaban J connectivity index is 1.53. The summed E-state index contributed by atoms with van der Waals surface area (Å²) in [5.74, 6) is -3.96. The number of nitriles is 1. The first-order valence-electron chi connectivity index (χ1n) is 11.3. The molecule has 188 valence electrons. The van der Waals surface area contributed by atoms with Gasteiger partial charge in [-0.05, 0) is 30.3 Å². The molecule has 1 aromatic heterocycles. The molecule has 1 saturated heterocycles. The van der Waals surface area contributed by atoms with Crippen LogP contribution in [-0.4, -0.2) is 53.3 Å². The van der Waals surface area contributed by atoms with Gasteiger partial charge in [0.15, 0.2) is 0 Å². The number of nitrogen functional groups attached to an aromatic ring is 1. The van der Waals surface area contributed by atoms with E-state index < -0.39 is 30.2 Å². The van der Waals surface area contributed by atoms with E-state index in [-0.39, 0.29) is 41.5 Å². The molecule has 11 heteroatoms. The van der Waals surface area contributed by atoms with Crippen LogP contribution in [0.4, 0.5) is 19.0 Å². The fourth-order valence-electron chi connectivity index (χ4n) is 4.26. The maximum Gasteiger partial charge on any atom is 0.283 e. The highest BCUT2D eigenvalue weighted by Crippen LogP contribution is 2.39. The molecule has 0 spiro atoms. The van der Waals surface area contributed by atoms with Crippen molar-refractivity contribution < 1.29 is 22.7 Å². The summed E-state index contributed by atoms with van der Waals surface area (Å²) in [7, 11) is 1.39. The van der Waals surface area contributed by atoms with Gasteiger partial charge in [0, 0.05) is 18.7 Å². The standard InChI is InChI=1S/C25H25F3N6O2/c1-3-33-13-21(25(27,28)14-33)34-23(30)19(11-29)22(32-34)16-6-4-15(5-7-16)12-31-24(35)18-10-17(26)8-9-20(18)36-2/h4-10,21H,3,12-14,30H2,1-2H3,(H,31,35). The molecule has 1 aliphatic heterocycles. The molecule has 1 fully saturated rings. The van der Waals surface area contributed by atoms with Gasteiger partial charge in [-0.25, -0.2) is 17.9 Å². The lowest BCUT2D eigenvalue weighted by Gasteiger charge is -2.19.